The zero-order valence-electron chi connectivity index (χ0n) is 21.8. The lowest BCUT2D eigenvalue weighted by Gasteiger charge is -2.59. The smallest absolute Gasteiger partial charge is 0.425 e. The van der Waals surface area contributed by atoms with Crippen molar-refractivity contribution in [3.8, 4) is 0 Å². The molecule has 0 heterocycles. The third kappa shape index (κ3) is 4.93. The van der Waals surface area contributed by atoms with E-state index in [0.717, 1.165) is 51.4 Å². The van der Waals surface area contributed by atoms with Gasteiger partial charge < -0.3 is 15.6 Å². The highest BCUT2D eigenvalue weighted by Gasteiger charge is 2.59. The summed E-state index contributed by atoms with van der Waals surface area (Å²) in [7, 11) is 0. The number of hydrogen-bond donors (Lipinski definition) is 2. The molecule has 7 heteroatoms. The maximum Gasteiger partial charge on any atom is 0.425 e. The van der Waals surface area contributed by atoms with Crippen molar-refractivity contribution < 1.29 is 27.8 Å². The number of rotatable bonds is 6. The van der Waals surface area contributed by atoms with Crippen LogP contribution in [0.1, 0.15) is 91.9 Å². The Bertz CT molecular complexity index is 840. The number of allylic oxidation sites excluding steroid dienone is 1. The van der Waals surface area contributed by atoms with E-state index in [1.54, 1.807) is 0 Å². The van der Waals surface area contributed by atoms with Gasteiger partial charge in [0.15, 0.2) is 6.10 Å². The fourth-order valence-corrected chi connectivity index (χ4v) is 8.89. The summed E-state index contributed by atoms with van der Waals surface area (Å²) in [4.78, 5) is 11.4. The molecule has 4 nitrogen and oxygen atoms in total. The predicted molar refractivity (Wildman–Crippen MR) is 129 cm³/mol. The first-order chi connectivity index (χ1) is 16.2. The van der Waals surface area contributed by atoms with Gasteiger partial charge in [0, 0.05) is 0 Å². The number of fused-ring (bicyclic) bond motifs is 5. The van der Waals surface area contributed by atoms with Gasteiger partial charge in [-0.1, -0.05) is 32.4 Å². The van der Waals surface area contributed by atoms with Crippen molar-refractivity contribution in [1.29, 1.82) is 0 Å². The molecule has 0 aromatic rings. The average molecular weight is 500 g/mol. The molecule has 3 fully saturated rings. The lowest BCUT2D eigenvalue weighted by atomic mass is 9.46. The van der Waals surface area contributed by atoms with Crippen molar-refractivity contribution in [2.24, 2.45) is 46.2 Å². The van der Waals surface area contributed by atoms with Crippen LogP contribution in [0.25, 0.3) is 0 Å². The molecular formula is C28H44F3NO3. The lowest BCUT2D eigenvalue weighted by molar-refractivity contribution is -0.222. The van der Waals surface area contributed by atoms with E-state index in [0.29, 0.717) is 30.1 Å². The standard InChI is InChI=1S/C28H44F3NO3/c1-17(5-10-23(28(29,30)31)35-24(33)16-32)20-8-9-21-19-7-6-18-15-25(2,34)13-14-26(18,3)22(19)11-12-27(20,21)4/h6,17,19-23,34H,5,7-16,32H2,1-4H3/t17-,19+,20-,21+,22+,23-,25+,26+,27-/m1/s1. The van der Waals surface area contributed by atoms with Crippen molar-refractivity contribution in [3.05, 3.63) is 11.6 Å². The van der Waals surface area contributed by atoms with Crippen LogP contribution in [0.5, 0.6) is 0 Å². The zero-order valence-corrected chi connectivity index (χ0v) is 21.8. The third-order valence-electron chi connectivity index (χ3n) is 10.8. The van der Waals surface area contributed by atoms with E-state index in [-0.39, 0.29) is 23.2 Å². The predicted octanol–water partition coefficient (Wildman–Crippen LogP) is 6.17. The number of ether oxygens (including phenoxy) is 1. The van der Waals surface area contributed by atoms with Crippen LogP contribution in [0.4, 0.5) is 13.2 Å². The van der Waals surface area contributed by atoms with E-state index in [2.05, 4.69) is 31.6 Å². The molecule has 4 aliphatic carbocycles. The summed E-state index contributed by atoms with van der Waals surface area (Å²) in [6.07, 6.45) is 4.19. The molecule has 0 unspecified atom stereocenters. The Morgan fingerprint density at radius 1 is 1.14 bits per heavy atom. The summed E-state index contributed by atoms with van der Waals surface area (Å²) in [5.41, 5.74) is 6.34. The molecule has 0 spiro atoms. The molecule has 3 saturated carbocycles. The van der Waals surface area contributed by atoms with Crippen LogP contribution in [0.3, 0.4) is 0 Å². The second-order valence-electron chi connectivity index (χ2n) is 12.9. The molecule has 35 heavy (non-hydrogen) atoms. The molecule has 0 radical (unpaired) electrons. The first-order valence-corrected chi connectivity index (χ1v) is 13.6. The van der Waals surface area contributed by atoms with Gasteiger partial charge in [-0.2, -0.15) is 13.2 Å². The van der Waals surface area contributed by atoms with Gasteiger partial charge in [0.1, 0.15) is 0 Å². The summed E-state index contributed by atoms with van der Waals surface area (Å²) >= 11 is 0. The minimum absolute atomic E-state index is 0.137. The molecule has 4 aliphatic rings. The Kier molecular flexibility index (Phi) is 7.20. The van der Waals surface area contributed by atoms with Gasteiger partial charge in [-0.25, -0.2) is 0 Å². The molecule has 9 atom stereocenters. The number of carbonyl (C=O) groups is 1. The van der Waals surface area contributed by atoms with Gasteiger partial charge in [0.25, 0.3) is 0 Å². The van der Waals surface area contributed by atoms with E-state index >= 15 is 0 Å². The van der Waals surface area contributed by atoms with Gasteiger partial charge in [-0.05, 0) is 112 Å². The van der Waals surface area contributed by atoms with Crippen LogP contribution < -0.4 is 5.73 Å². The van der Waals surface area contributed by atoms with E-state index in [9.17, 15) is 23.1 Å². The maximum absolute atomic E-state index is 13.5. The second kappa shape index (κ2) is 9.34. The monoisotopic (exact) mass is 499 g/mol. The van der Waals surface area contributed by atoms with E-state index < -0.39 is 30.4 Å². The Labute approximate surface area is 208 Å². The molecule has 0 saturated heterocycles. The molecule has 0 aromatic carbocycles. The van der Waals surface area contributed by atoms with E-state index in [1.807, 2.05) is 6.92 Å². The summed E-state index contributed by atoms with van der Waals surface area (Å²) in [6.45, 7) is 8.32. The van der Waals surface area contributed by atoms with Gasteiger partial charge in [-0.3, -0.25) is 4.79 Å². The Balaban J connectivity index is 1.45. The molecule has 200 valence electrons. The lowest BCUT2D eigenvalue weighted by Crippen LogP contribution is -2.52. The van der Waals surface area contributed by atoms with Crippen LogP contribution in [0.15, 0.2) is 11.6 Å². The molecular weight excluding hydrogens is 455 g/mol. The highest BCUT2D eigenvalue weighted by atomic mass is 19.4. The third-order valence-corrected chi connectivity index (χ3v) is 10.8. The number of alkyl halides is 3. The molecule has 0 aliphatic heterocycles. The summed E-state index contributed by atoms with van der Waals surface area (Å²) in [5.74, 6) is 1.37. The Morgan fingerprint density at radius 2 is 1.86 bits per heavy atom. The number of aliphatic hydroxyl groups is 1. The normalized spacial score (nSPS) is 42.8. The number of halogens is 3. The number of hydrogen-bond acceptors (Lipinski definition) is 4. The number of nitrogens with two attached hydrogens (primary N) is 1. The summed E-state index contributed by atoms with van der Waals surface area (Å²) in [5, 5.41) is 10.7. The van der Waals surface area contributed by atoms with Crippen molar-refractivity contribution in [2.75, 3.05) is 6.54 Å². The fourth-order valence-electron chi connectivity index (χ4n) is 8.89. The zero-order chi connectivity index (χ0) is 25.8. The minimum atomic E-state index is -4.57. The fraction of sp³-hybridized carbons (Fsp3) is 0.893. The van der Waals surface area contributed by atoms with Crippen LogP contribution in [0.2, 0.25) is 0 Å². The van der Waals surface area contributed by atoms with Crippen LogP contribution >= 0.6 is 0 Å². The molecule has 0 aromatic heterocycles. The van der Waals surface area contributed by atoms with Crippen LogP contribution in [-0.4, -0.2) is 35.5 Å². The Morgan fingerprint density at radius 3 is 2.51 bits per heavy atom. The van der Waals surface area contributed by atoms with Gasteiger partial charge in [0.2, 0.25) is 0 Å². The summed E-state index contributed by atoms with van der Waals surface area (Å²) < 4.78 is 45.0. The summed E-state index contributed by atoms with van der Waals surface area (Å²) in [6, 6.07) is 0. The largest absolute Gasteiger partial charge is 0.452 e. The quantitative estimate of drug-likeness (QED) is 0.339. The Hall–Kier alpha value is -1.08. The average Bonchev–Trinajstić information content (AvgIpc) is 3.13. The molecule has 4 rings (SSSR count). The van der Waals surface area contributed by atoms with Crippen molar-refractivity contribution >= 4 is 5.97 Å². The van der Waals surface area contributed by atoms with Gasteiger partial charge in [0.05, 0.1) is 12.1 Å². The highest BCUT2D eigenvalue weighted by Crippen LogP contribution is 2.67. The van der Waals surface area contributed by atoms with Crippen LogP contribution in [0, 0.1) is 40.4 Å². The molecule has 0 amide bonds. The topological polar surface area (TPSA) is 72.5 Å². The second-order valence-corrected chi connectivity index (χ2v) is 12.9. The number of esters is 1. The van der Waals surface area contributed by atoms with Crippen molar-refractivity contribution in [2.45, 2.75) is 110 Å². The minimum Gasteiger partial charge on any atom is -0.452 e. The first kappa shape index (κ1) is 27.0. The SMILES string of the molecule is C[C@H](CC[C@@H](OC(=O)CN)C(F)(F)F)[C@H]1CC[C@H]2[C@@H]3CC=C4C[C@@](C)(O)CC[C@]4(C)[C@H]3CC[C@]12C. The number of carbonyl (C=O) groups excluding carboxylic acids is 1. The molecule has 3 N–H and O–H groups in total. The van der Waals surface area contributed by atoms with Gasteiger partial charge >= 0.3 is 12.1 Å². The van der Waals surface area contributed by atoms with Crippen LogP contribution in [-0.2, 0) is 9.53 Å². The van der Waals surface area contributed by atoms with E-state index in [4.69, 9.17) is 5.73 Å². The highest BCUT2D eigenvalue weighted by molar-refractivity contribution is 5.71. The van der Waals surface area contributed by atoms with Crippen molar-refractivity contribution in [1.82, 2.24) is 0 Å². The molecule has 0 bridgehead atoms. The van der Waals surface area contributed by atoms with Crippen molar-refractivity contribution in [3.63, 3.8) is 0 Å². The van der Waals surface area contributed by atoms with Gasteiger partial charge in [-0.15, -0.1) is 0 Å². The van der Waals surface area contributed by atoms with E-state index in [1.165, 1.54) is 5.57 Å². The first-order valence-electron chi connectivity index (χ1n) is 13.6. The maximum atomic E-state index is 13.5.